The van der Waals surface area contributed by atoms with Gasteiger partial charge < -0.3 is 14.2 Å². The molecule has 0 radical (unpaired) electrons. The zero-order valence-electron chi connectivity index (χ0n) is 16.4. The number of para-hydroxylation sites is 2. The van der Waals surface area contributed by atoms with Gasteiger partial charge in [0.2, 0.25) is 0 Å². The molecule has 0 bridgehead atoms. The molecule has 0 aliphatic carbocycles. The third-order valence-electron chi connectivity index (χ3n) is 3.90. The van der Waals surface area contributed by atoms with Crippen LogP contribution in [0.3, 0.4) is 0 Å². The van der Waals surface area contributed by atoms with Gasteiger partial charge in [-0.3, -0.25) is 10.1 Å². The Bertz CT molecular complexity index is 993. The fourth-order valence-electron chi connectivity index (χ4n) is 2.65. The molecule has 0 atom stereocenters. The molecule has 9 heteroatoms. The maximum Gasteiger partial charge on any atom is 0.387 e. The molecule has 3 rings (SSSR count). The van der Waals surface area contributed by atoms with Crippen molar-refractivity contribution in [1.29, 1.82) is 0 Å². The molecule has 1 aromatic heterocycles. The minimum Gasteiger partial charge on any atom is -0.490 e. The van der Waals surface area contributed by atoms with Crippen molar-refractivity contribution in [3.63, 3.8) is 0 Å². The number of nitrogens with one attached hydrogen (secondary N) is 1. The fourth-order valence-corrected chi connectivity index (χ4v) is 3.51. The number of aromatic nitrogens is 1. The van der Waals surface area contributed by atoms with E-state index in [1.54, 1.807) is 30.3 Å². The van der Waals surface area contributed by atoms with E-state index < -0.39 is 6.61 Å². The number of hydrogen-bond donors (Lipinski definition) is 1. The first-order chi connectivity index (χ1) is 14.5. The average Bonchev–Trinajstić information content (AvgIpc) is 3.07. The Morgan fingerprint density at radius 1 is 1.10 bits per heavy atom. The number of carbonyl (C=O) groups excluding carboxylic acids is 1. The summed E-state index contributed by atoms with van der Waals surface area (Å²) in [6.45, 7) is 1.15. The summed E-state index contributed by atoms with van der Waals surface area (Å²) < 4.78 is 39.9. The van der Waals surface area contributed by atoms with Crippen LogP contribution in [0.2, 0.25) is 0 Å². The number of ether oxygens (including phenoxy) is 3. The maximum absolute atomic E-state index is 12.3. The van der Waals surface area contributed by atoms with Crippen molar-refractivity contribution in [3.05, 3.63) is 53.4 Å². The summed E-state index contributed by atoms with van der Waals surface area (Å²) in [6.07, 6.45) is 0. The summed E-state index contributed by atoms with van der Waals surface area (Å²) in [5.41, 5.74) is 1.38. The van der Waals surface area contributed by atoms with Gasteiger partial charge in [-0.2, -0.15) is 8.78 Å². The highest BCUT2D eigenvalue weighted by Gasteiger charge is 2.14. The number of thiazole rings is 1. The predicted octanol–water partition coefficient (Wildman–Crippen LogP) is 5.14. The van der Waals surface area contributed by atoms with Crippen LogP contribution in [-0.4, -0.2) is 30.7 Å². The van der Waals surface area contributed by atoms with E-state index in [9.17, 15) is 13.6 Å². The predicted molar refractivity (Wildman–Crippen MR) is 111 cm³/mol. The van der Waals surface area contributed by atoms with E-state index in [0.717, 1.165) is 10.4 Å². The Morgan fingerprint density at radius 2 is 1.77 bits per heavy atom. The topological polar surface area (TPSA) is 69.7 Å². The average molecular weight is 434 g/mol. The first kappa shape index (κ1) is 21.5. The Morgan fingerprint density at radius 3 is 2.40 bits per heavy atom. The van der Waals surface area contributed by atoms with Crippen molar-refractivity contribution in [1.82, 2.24) is 4.98 Å². The second-order valence-electron chi connectivity index (χ2n) is 6.04. The van der Waals surface area contributed by atoms with Crippen LogP contribution in [0.1, 0.15) is 11.8 Å². The van der Waals surface area contributed by atoms with E-state index in [4.69, 9.17) is 9.47 Å². The van der Waals surface area contributed by atoms with Crippen LogP contribution in [0.15, 0.2) is 48.5 Å². The van der Waals surface area contributed by atoms with Crippen LogP contribution < -0.4 is 19.5 Å². The van der Waals surface area contributed by atoms with Crippen LogP contribution in [0.4, 0.5) is 13.9 Å². The molecule has 0 unspecified atom stereocenters. The summed E-state index contributed by atoms with van der Waals surface area (Å²) in [4.78, 5) is 17.6. The Hall–Kier alpha value is -3.20. The van der Waals surface area contributed by atoms with Crippen molar-refractivity contribution in [2.45, 2.75) is 20.5 Å². The highest BCUT2D eigenvalue weighted by Crippen LogP contribution is 2.32. The minimum atomic E-state index is -2.87. The van der Waals surface area contributed by atoms with E-state index in [2.05, 4.69) is 15.0 Å². The summed E-state index contributed by atoms with van der Waals surface area (Å²) in [7, 11) is 0. The molecule has 0 aliphatic rings. The van der Waals surface area contributed by atoms with E-state index in [0.29, 0.717) is 28.9 Å². The highest BCUT2D eigenvalue weighted by molar-refractivity contribution is 7.16. The maximum atomic E-state index is 12.3. The normalized spacial score (nSPS) is 10.7. The molecular weight excluding hydrogens is 414 g/mol. The van der Waals surface area contributed by atoms with E-state index >= 15 is 0 Å². The molecule has 1 amide bonds. The number of halogens is 2. The summed E-state index contributed by atoms with van der Waals surface area (Å²) in [5.74, 6) is 0.762. The van der Waals surface area contributed by atoms with Crippen LogP contribution >= 0.6 is 11.3 Å². The molecule has 0 aliphatic heterocycles. The monoisotopic (exact) mass is 434 g/mol. The second kappa shape index (κ2) is 10.0. The standard InChI is InChI=1S/C21H20F2N2O4S/c1-3-27-16-6-4-5-7-17(16)28-12-18(26)24-21-25-19(13(2)30-21)14-8-10-15(11-9-14)29-20(22)23/h4-11,20H,3,12H2,1-2H3,(H,24,25,26). The molecule has 6 nitrogen and oxygen atoms in total. The fraction of sp³-hybridized carbons (Fsp3) is 0.238. The van der Waals surface area contributed by atoms with Crippen molar-refractivity contribution in [2.24, 2.45) is 0 Å². The summed E-state index contributed by atoms with van der Waals surface area (Å²) >= 11 is 1.31. The van der Waals surface area contributed by atoms with E-state index in [1.807, 2.05) is 19.9 Å². The number of anilines is 1. The van der Waals surface area contributed by atoms with Crippen molar-refractivity contribution >= 4 is 22.4 Å². The van der Waals surface area contributed by atoms with Gasteiger partial charge in [-0.15, -0.1) is 11.3 Å². The highest BCUT2D eigenvalue weighted by atomic mass is 32.1. The number of aryl methyl sites for hydroxylation is 1. The lowest BCUT2D eigenvalue weighted by molar-refractivity contribution is -0.118. The largest absolute Gasteiger partial charge is 0.490 e. The smallest absolute Gasteiger partial charge is 0.387 e. The van der Waals surface area contributed by atoms with Gasteiger partial charge in [0, 0.05) is 10.4 Å². The lowest BCUT2D eigenvalue weighted by atomic mass is 10.1. The summed E-state index contributed by atoms with van der Waals surface area (Å²) in [6, 6.07) is 13.3. The molecule has 3 aromatic rings. The third-order valence-corrected chi connectivity index (χ3v) is 4.79. The van der Waals surface area contributed by atoms with Crippen molar-refractivity contribution in [2.75, 3.05) is 18.5 Å². The van der Waals surface area contributed by atoms with Crippen LogP contribution in [0.5, 0.6) is 17.2 Å². The SMILES string of the molecule is CCOc1ccccc1OCC(=O)Nc1nc(-c2ccc(OC(F)F)cc2)c(C)s1. The molecule has 0 fully saturated rings. The van der Waals surface area contributed by atoms with Gasteiger partial charge >= 0.3 is 6.61 Å². The molecule has 0 spiro atoms. The Labute approximate surface area is 176 Å². The zero-order valence-corrected chi connectivity index (χ0v) is 17.2. The molecule has 0 saturated carbocycles. The quantitative estimate of drug-likeness (QED) is 0.505. The number of alkyl halides is 2. The van der Waals surface area contributed by atoms with E-state index in [1.165, 1.54) is 23.5 Å². The number of benzene rings is 2. The minimum absolute atomic E-state index is 0.0691. The van der Waals surface area contributed by atoms with Gasteiger partial charge in [0.15, 0.2) is 23.2 Å². The number of carbonyl (C=O) groups is 1. The summed E-state index contributed by atoms with van der Waals surface area (Å²) in [5, 5.41) is 3.13. The van der Waals surface area contributed by atoms with Crippen LogP contribution in [-0.2, 0) is 4.79 Å². The number of nitrogens with zero attached hydrogens (tertiary/aromatic N) is 1. The molecule has 1 N–H and O–H groups in total. The lowest BCUT2D eigenvalue weighted by Crippen LogP contribution is -2.20. The lowest BCUT2D eigenvalue weighted by Gasteiger charge is -2.10. The molecule has 1 heterocycles. The zero-order chi connectivity index (χ0) is 21.5. The number of hydrogen-bond acceptors (Lipinski definition) is 6. The molecule has 158 valence electrons. The van der Waals surface area contributed by atoms with Crippen LogP contribution in [0.25, 0.3) is 11.3 Å². The van der Waals surface area contributed by atoms with E-state index in [-0.39, 0.29) is 18.3 Å². The van der Waals surface area contributed by atoms with Crippen LogP contribution in [0, 0.1) is 6.92 Å². The van der Waals surface area contributed by atoms with Crippen molar-refractivity contribution in [3.8, 4) is 28.5 Å². The first-order valence-electron chi connectivity index (χ1n) is 9.13. The third kappa shape index (κ3) is 5.66. The van der Waals surface area contributed by atoms with Gasteiger partial charge in [-0.1, -0.05) is 12.1 Å². The first-order valence-corrected chi connectivity index (χ1v) is 9.95. The van der Waals surface area contributed by atoms with Crippen molar-refractivity contribution < 1.29 is 27.8 Å². The van der Waals surface area contributed by atoms with Gasteiger partial charge in [0.1, 0.15) is 5.75 Å². The second-order valence-corrected chi connectivity index (χ2v) is 7.25. The Kier molecular flexibility index (Phi) is 7.18. The molecular formula is C21H20F2N2O4S. The van der Waals surface area contributed by atoms with Gasteiger partial charge in [-0.25, -0.2) is 4.98 Å². The molecule has 30 heavy (non-hydrogen) atoms. The van der Waals surface area contributed by atoms with Gasteiger partial charge in [-0.05, 0) is 50.2 Å². The number of amides is 1. The molecule has 0 saturated heterocycles. The Balaban J connectivity index is 1.62. The van der Waals surface area contributed by atoms with Gasteiger partial charge in [0.25, 0.3) is 5.91 Å². The number of rotatable bonds is 9. The molecule has 2 aromatic carbocycles. The van der Waals surface area contributed by atoms with Gasteiger partial charge in [0.05, 0.1) is 12.3 Å².